The summed E-state index contributed by atoms with van der Waals surface area (Å²) in [7, 11) is 0. The summed E-state index contributed by atoms with van der Waals surface area (Å²) < 4.78 is 12.9. The third kappa shape index (κ3) is 4.64. The molecule has 3 N–H and O–H groups in total. The van der Waals surface area contributed by atoms with Gasteiger partial charge >= 0.3 is 0 Å². The molecular formula is C11H16FNOS. The van der Waals surface area contributed by atoms with Crippen molar-refractivity contribution < 1.29 is 9.50 Å². The maximum atomic E-state index is 12.9. The van der Waals surface area contributed by atoms with Crippen molar-refractivity contribution in [1.29, 1.82) is 0 Å². The normalized spacial score (nSPS) is 12.7. The Morgan fingerprint density at radius 2 is 2.27 bits per heavy atom. The topological polar surface area (TPSA) is 46.2 Å². The van der Waals surface area contributed by atoms with Crippen LogP contribution in [0.1, 0.15) is 18.0 Å². The largest absolute Gasteiger partial charge is 0.396 e. The van der Waals surface area contributed by atoms with E-state index in [2.05, 4.69) is 0 Å². The Morgan fingerprint density at radius 3 is 2.93 bits per heavy atom. The summed E-state index contributed by atoms with van der Waals surface area (Å²) in [6.07, 6.45) is 0.778. The van der Waals surface area contributed by atoms with Crippen molar-refractivity contribution in [3.63, 3.8) is 0 Å². The van der Waals surface area contributed by atoms with Crippen molar-refractivity contribution in [2.45, 2.75) is 12.5 Å². The molecule has 1 rings (SSSR count). The molecule has 0 saturated heterocycles. The van der Waals surface area contributed by atoms with E-state index in [4.69, 9.17) is 10.8 Å². The van der Waals surface area contributed by atoms with E-state index in [0.29, 0.717) is 0 Å². The van der Waals surface area contributed by atoms with Gasteiger partial charge in [0.25, 0.3) is 0 Å². The minimum Gasteiger partial charge on any atom is -0.396 e. The van der Waals surface area contributed by atoms with Gasteiger partial charge in [-0.05, 0) is 29.9 Å². The number of aliphatic hydroxyl groups is 1. The van der Waals surface area contributed by atoms with Crippen LogP contribution in [0.5, 0.6) is 0 Å². The lowest BCUT2D eigenvalue weighted by atomic mass is 10.1. The Morgan fingerprint density at radius 1 is 1.47 bits per heavy atom. The summed E-state index contributed by atoms with van der Waals surface area (Å²) in [5.41, 5.74) is 6.72. The third-order valence-electron chi connectivity index (χ3n) is 2.02. The van der Waals surface area contributed by atoms with Gasteiger partial charge in [-0.3, -0.25) is 0 Å². The summed E-state index contributed by atoms with van der Waals surface area (Å²) in [6, 6.07) is 6.25. The van der Waals surface area contributed by atoms with E-state index in [0.717, 1.165) is 23.5 Å². The molecule has 2 nitrogen and oxygen atoms in total. The molecule has 0 fully saturated rings. The first-order valence-corrected chi connectivity index (χ1v) is 6.09. The molecule has 1 aromatic carbocycles. The van der Waals surface area contributed by atoms with Crippen LogP contribution in [0.25, 0.3) is 0 Å². The first-order chi connectivity index (χ1) is 7.24. The maximum absolute atomic E-state index is 12.9. The Labute approximate surface area is 93.7 Å². The number of hydrogen-bond donors (Lipinski definition) is 2. The first-order valence-electron chi connectivity index (χ1n) is 4.93. The van der Waals surface area contributed by atoms with Crippen LogP contribution < -0.4 is 5.73 Å². The second-order valence-electron chi connectivity index (χ2n) is 3.31. The number of thioether (sulfide) groups is 1. The van der Waals surface area contributed by atoms with E-state index >= 15 is 0 Å². The molecule has 0 aliphatic rings. The fraction of sp³-hybridized carbons (Fsp3) is 0.455. The standard InChI is InChI=1S/C11H16FNOS/c12-10-4-1-3-9(7-10)11(13)8-15-6-2-5-14/h1,3-4,7,11,14H,2,5-6,8,13H2. The van der Waals surface area contributed by atoms with Crippen LogP contribution in [0.3, 0.4) is 0 Å². The van der Waals surface area contributed by atoms with E-state index in [1.165, 1.54) is 12.1 Å². The number of benzene rings is 1. The lowest BCUT2D eigenvalue weighted by Crippen LogP contribution is -2.13. The molecule has 0 spiro atoms. The van der Waals surface area contributed by atoms with E-state index in [1.807, 2.05) is 6.07 Å². The zero-order valence-corrected chi connectivity index (χ0v) is 9.34. The van der Waals surface area contributed by atoms with Gasteiger partial charge in [-0.25, -0.2) is 4.39 Å². The Balaban J connectivity index is 2.36. The number of hydrogen-bond acceptors (Lipinski definition) is 3. The molecule has 84 valence electrons. The molecule has 0 saturated carbocycles. The van der Waals surface area contributed by atoms with Gasteiger partial charge in [0.2, 0.25) is 0 Å². The minimum absolute atomic E-state index is 0.135. The Hall–Kier alpha value is -0.580. The highest BCUT2D eigenvalue weighted by atomic mass is 32.2. The third-order valence-corrected chi connectivity index (χ3v) is 3.19. The average molecular weight is 229 g/mol. The van der Waals surface area contributed by atoms with Gasteiger partial charge in [0.1, 0.15) is 5.82 Å². The number of halogens is 1. The number of aliphatic hydroxyl groups excluding tert-OH is 1. The van der Waals surface area contributed by atoms with Crippen LogP contribution in [0.4, 0.5) is 4.39 Å². The highest BCUT2D eigenvalue weighted by molar-refractivity contribution is 7.99. The van der Waals surface area contributed by atoms with Crippen LogP contribution >= 0.6 is 11.8 Å². The highest BCUT2D eigenvalue weighted by Gasteiger charge is 2.06. The van der Waals surface area contributed by atoms with Crippen LogP contribution in [0.2, 0.25) is 0 Å². The second-order valence-corrected chi connectivity index (χ2v) is 4.46. The maximum Gasteiger partial charge on any atom is 0.123 e. The van der Waals surface area contributed by atoms with Crippen molar-refractivity contribution in [2.75, 3.05) is 18.1 Å². The van der Waals surface area contributed by atoms with Gasteiger partial charge in [0.05, 0.1) is 0 Å². The number of nitrogens with two attached hydrogens (primary N) is 1. The molecule has 1 unspecified atom stereocenters. The van der Waals surface area contributed by atoms with Crippen LogP contribution in [-0.2, 0) is 0 Å². The molecule has 4 heteroatoms. The first kappa shape index (κ1) is 12.5. The lowest BCUT2D eigenvalue weighted by Gasteiger charge is -2.11. The zero-order chi connectivity index (χ0) is 11.1. The molecule has 1 atom stereocenters. The van der Waals surface area contributed by atoms with Crippen LogP contribution in [-0.4, -0.2) is 23.2 Å². The van der Waals surface area contributed by atoms with Gasteiger partial charge in [-0.2, -0.15) is 11.8 Å². The van der Waals surface area contributed by atoms with Crippen molar-refractivity contribution in [3.05, 3.63) is 35.6 Å². The van der Waals surface area contributed by atoms with Gasteiger partial charge in [0, 0.05) is 18.4 Å². The Kier molecular flexibility index (Phi) is 5.68. The summed E-state index contributed by atoms with van der Waals surface area (Å²) in [5, 5.41) is 8.59. The molecule has 0 amide bonds. The van der Waals surface area contributed by atoms with Crippen LogP contribution in [0, 0.1) is 5.82 Å². The summed E-state index contributed by atoms with van der Waals surface area (Å²) in [5.74, 6) is 1.39. The quantitative estimate of drug-likeness (QED) is 0.733. The van der Waals surface area contributed by atoms with Gasteiger partial charge in [0.15, 0.2) is 0 Å². The van der Waals surface area contributed by atoms with Crippen molar-refractivity contribution in [2.24, 2.45) is 5.73 Å². The van der Waals surface area contributed by atoms with Crippen molar-refractivity contribution in [1.82, 2.24) is 0 Å². The summed E-state index contributed by atoms with van der Waals surface area (Å²) >= 11 is 1.68. The average Bonchev–Trinajstić information content (AvgIpc) is 2.24. The monoisotopic (exact) mass is 229 g/mol. The zero-order valence-electron chi connectivity index (χ0n) is 8.53. The number of rotatable bonds is 6. The summed E-state index contributed by atoms with van der Waals surface area (Å²) in [4.78, 5) is 0. The Bertz CT molecular complexity index is 296. The molecule has 1 aromatic rings. The van der Waals surface area contributed by atoms with Crippen molar-refractivity contribution in [3.8, 4) is 0 Å². The fourth-order valence-corrected chi connectivity index (χ4v) is 2.16. The molecule has 0 radical (unpaired) electrons. The molecule has 0 aromatic heterocycles. The SMILES string of the molecule is NC(CSCCCO)c1cccc(F)c1. The molecular weight excluding hydrogens is 213 g/mol. The van der Waals surface area contributed by atoms with E-state index in [-0.39, 0.29) is 18.5 Å². The predicted molar refractivity (Wildman–Crippen MR) is 62.4 cm³/mol. The smallest absolute Gasteiger partial charge is 0.123 e. The summed E-state index contributed by atoms with van der Waals surface area (Å²) in [6.45, 7) is 0.211. The van der Waals surface area contributed by atoms with Gasteiger partial charge in [-0.15, -0.1) is 0 Å². The fourth-order valence-electron chi connectivity index (χ4n) is 1.21. The minimum atomic E-state index is -0.247. The lowest BCUT2D eigenvalue weighted by molar-refractivity contribution is 0.296. The molecule has 0 aliphatic carbocycles. The molecule has 0 aliphatic heterocycles. The molecule has 15 heavy (non-hydrogen) atoms. The van der Waals surface area contributed by atoms with E-state index in [9.17, 15) is 4.39 Å². The highest BCUT2D eigenvalue weighted by Crippen LogP contribution is 2.17. The molecule has 0 heterocycles. The van der Waals surface area contributed by atoms with E-state index < -0.39 is 0 Å². The second kappa shape index (κ2) is 6.82. The predicted octanol–water partition coefficient (Wildman–Crippen LogP) is 1.94. The van der Waals surface area contributed by atoms with Crippen LogP contribution in [0.15, 0.2) is 24.3 Å². The molecule has 0 bridgehead atoms. The van der Waals surface area contributed by atoms with Gasteiger partial charge in [-0.1, -0.05) is 12.1 Å². The van der Waals surface area contributed by atoms with Gasteiger partial charge < -0.3 is 10.8 Å². The van der Waals surface area contributed by atoms with Crippen molar-refractivity contribution >= 4 is 11.8 Å². The van der Waals surface area contributed by atoms with E-state index in [1.54, 1.807) is 17.8 Å².